The molecule has 0 saturated carbocycles. The zero-order valence-electron chi connectivity index (χ0n) is 12.9. The lowest BCUT2D eigenvalue weighted by Crippen LogP contribution is -2.40. The molecule has 0 saturated heterocycles. The van der Waals surface area contributed by atoms with Crippen molar-refractivity contribution in [1.29, 1.82) is 0 Å². The third-order valence-corrected chi connectivity index (χ3v) is 4.04. The van der Waals surface area contributed by atoms with Crippen LogP contribution in [0.2, 0.25) is 0 Å². The van der Waals surface area contributed by atoms with Gasteiger partial charge in [-0.1, -0.05) is 0 Å². The van der Waals surface area contributed by atoms with Gasteiger partial charge in [-0.15, -0.1) is 11.8 Å². The third kappa shape index (κ3) is 6.64. The Bertz CT molecular complexity index is 476. The van der Waals surface area contributed by atoms with Gasteiger partial charge in [-0.2, -0.15) is 0 Å². The van der Waals surface area contributed by atoms with Crippen molar-refractivity contribution >= 4 is 29.3 Å². The molecule has 1 aromatic carbocycles. The number of rotatable bonds is 7. The largest absolute Gasteiger partial charge is 0.354 e. The molecule has 0 heterocycles. The maximum absolute atomic E-state index is 12.0. The maximum atomic E-state index is 12.0. The van der Waals surface area contributed by atoms with Crippen molar-refractivity contribution in [3.63, 3.8) is 0 Å². The second-order valence-electron chi connectivity index (χ2n) is 4.90. The highest BCUT2D eigenvalue weighted by Gasteiger charge is 2.14. The van der Waals surface area contributed by atoms with E-state index < -0.39 is 0 Å². The molecule has 0 radical (unpaired) electrons. The standard InChI is InChI=1S/C15H23N3O2S/c1-10(16-4)9-17-15(20)11(2)21-14-7-5-13(6-8-14)18-12(3)19/h5-8,10-11,16H,9H2,1-4H3,(H,17,20)(H,18,19). The van der Waals surface area contributed by atoms with Gasteiger partial charge in [0.15, 0.2) is 0 Å². The Labute approximate surface area is 130 Å². The Morgan fingerprint density at radius 3 is 2.33 bits per heavy atom. The second-order valence-corrected chi connectivity index (χ2v) is 6.31. The number of carbonyl (C=O) groups is 2. The number of nitrogens with one attached hydrogen (secondary N) is 3. The fourth-order valence-electron chi connectivity index (χ4n) is 1.58. The first kappa shape index (κ1) is 17.5. The van der Waals surface area contributed by atoms with E-state index in [1.807, 2.05) is 45.2 Å². The number of amides is 2. The van der Waals surface area contributed by atoms with Crippen molar-refractivity contribution in [2.75, 3.05) is 18.9 Å². The molecule has 0 spiro atoms. The third-order valence-electron chi connectivity index (χ3n) is 2.93. The van der Waals surface area contributed by atoms with E-state index >= 15 is 0 Å². The summed E-state index contributed by atoms with van der Waals surface area (Å²) in [5.74, 6) is -0.0742. The van der Waals surface area contributed by atoms with Crippen LogP contribution in [0.5, 0.6) is 0 Å². The normalized spacial score (nSPS) is 13.3. The molecule has 6 heteroatoms. The Kier molecular flexibility index (Phi) is 7.25. The van der Waals surface area contributed by atoms with E-state index in [2.05, 4.69) is 16.0 Å². The number of anilines is 1. The molecule has 1 aromatic rings. The topological polar surface area (TPSA) is 70.2 Å². The summed E-state index contributed by atoms with van der Waals surface area (Å²) in [5, 5.41) is 8.53. The molecule has 0 aliphatic heterocycles. The van der Waals surface area contributed by atoms with Crippen LogP contribution in [-0.2, 0) is 9.59 Å². The van der Waals surface area contributed by atoms with Crippen LogP contribution in [0.1, 0.15) is 20.8 Å². The van der Waals surface area contributed by atoms with Crippen molar-refractivity contribution < 1.29 is 9.59 Å². The predicted octanol–water partition coefficient (Wildman–Crippen LogP) is 1.85. The average Bonchev–Trinajstić information content (AvgIpc) is 2.45. The van der Waals surface area contributed by atoms with Crippen LogP contribution in [0.25, 0.3) is 0 Å². The van der Waals surface area contributed by atoms with E-state index in [1.165, 1.54) is 18.7 Å². The highest BCUT2D eigenvalue weighted by molar-refractivity contribution is 8.00. The molecule has 116 valence electrons. The Balaban J connectivity index is 2.48. The summed E-state index contributed by atoms with van der Waals surface area (Å²) in [6, 6.07) is 7.71. The fourth-order valence-corrected chi connectivity index (χ4v) is 2.47. The molecule has 2 unspecified atom stereocenters. The summed E-state index contributed by atoms with van der Waals surface area (Å²) in [6.45, 7) is 5.98. The van der Waals surface area contributed by atoms with Crippen molar-refractivity contribution in [1.82, 2.24) is 10.6 Å². The molecular formula is C15H23N3O2S. The van der Waals surface area contributed by atoms with E-state index in [-0.39, 0.29) is 23.1 Å². The van der Waals surface area contributed by atoms with Crippen LogP contribution in [0.4, 0.5) is 5.69 Å². The Hall–Kier alpha value is -1.53. The molecule has 2 atom stereocenters. The summed E-state index contributed by atoms with van der Waals surface area (Å²) in [4.78, 5) is 23.9. The van der Waals surface area contributed by atoms with Gasteiger partial charge in [0.2, 0.25) is 11.8 Å². The lowest BCUT2D eigenvalue weighted by molar-refractivity contribution is -0.120. The molecule has 0 bridgehead atoms. The zero-order valence-corrected chi connectivity index (χ0v) is 13.7. The maximum Gasteiger partial charge on any atom is 0.233 e. The van der Waals surface area contributed by atoms with Crippen molar-refractivity contribution in [3.8, 4) is 0 Å². The van der Waals surface area contributed by atoms with Gasteiger partial charge >= 0.3 is 0 Å². The molecular weight excluding hydrogens is 286 g/mol. The first-order valence-electron chi connectivity index (χ1n) is 6.91. The first-order valence-corrected chi connectivity index (χ1v) is 7.79. The van der Waals surface area contributed by atoms with Gasteiger partial charge in [-0.25, -0.2) is 0 Å². The first-order chi connectivity index (χ1) is 9.92. The van der Waals surface area contributed by atoms with Gasteiger partial charge in [0.1, 0.15) is 0 Å². The van der Waals surface area contributed by atoms with E-state index in [0.29, 0.717) is 6.54 Å². The molecule has 21 heavy (non-hydrogen) atoms. The van der Waals surface area contributed by atoms with Gasteiger partial charge in [0, 0.05) is 30.1 Å². The molecule has 0 fully saturated rings. The second kappa shape index (κ2) is 8.69. The highest BCUT2D eigenvalue weighted by atomic mass is 32.2. The van der Waals surface area contributed by atoms with Gasteiger partial charge in [-0.3, -0.25) is 9.59 Å². The van der Waals surface area contributed by atoms with Gasteiger partial charge < -0.3 is 16.0 Å². The number of hydrogen-bond donors (Lipinski definition) is 3. The predicted molar refractivity (Wildman–Crippen MR) is 87.6 cm³/mol. The number of hydrogen-bond acceptors (Lipinski definition) is 4. The number of thioether (sulfide) groups is 1. The smallest absolute Gasteiger partial charge is 0.233 e. The molecule has 2 amide bonds. The van der Waals surface area contributed by atoms with Crippen LogP contribution in [0.3, 0.4) is 0 Å². The Morgan fingerprint density at radius 2 is 1.81 bits per heavy atom. The minimum Gasteiger partial charge on any atom is -0.354 e. The summed E-state index contributed by atoms with van der Waals surface area (Å²) in [7, 11) is 1.87. The van der Waals surface area contributed by atoms with Crippen molar-refractivity contribution in [2.45, 2.75) is 37.0 Å². The van der Waals surface area contributed by atoms with Crippen LogP contribution in [-0.4, -0.2) is 36.7 Å². The van der Waals surface area contributed by atoms with Crippen molar-refractivity contribution in [2.24, 2.45) is 0 Å². The molecule has 0 aliphatic rings. The van der Waals surface area contributed by atoms with Crippen LogP contribution in [0.15, 0.2) is 29.2 Å². The summed E-state index contributed by atoms with van der Waals surface area (Å²) >= 11 is 1.49. The molecule has 1 rings (SSSR count). The highest BCUT2D eigenvalue weighted by Crippen LogP contribution is 2.24. The van der Waals surface area contributed by atoms with Gasteiger partial charge in [0.05, 0.1) is 5.25 Å². The minimum atomic E-state index is -0.166. The SMILES string of the molecule is CNC(C)CNC(=O)C(C)Sc1ccc(NC(C)=O)cc1. The Morgan fingerprint density at radius 1 is 1.19 bits per heavy atom. The summed E-state index contributed by atoms with van der Waals surface area (Å²) in [6.07, 6.45) is 0. The number of likely N-dealkylation sites (N-methyl/N-ethyl adjacent to an activating group) is 1. The minimum absolute atomic E-state index is 0.0213. The fraction of sp³-hybridized carbons (Fsp3) is 0.467. The van der Waals surface area contributed by atoms with E-state index in [9.17, 15) is 9.59 Å². The number of carbonyl (C=O) groups excluding carboxylic acids is 2. The number of benzene rings is 1. The molecule has 0 aromatic heterocycles. The van der Waals surface area contributed by atoms with Crippen LogP contribution in [0, 0.1) is 0 Å². The zero-order chi connectivity index (χ0) is 15.8. The lowest BCUT2D eigenvalue weighted by atomic mass is 10.3. The van der Waals surface area contributed by atoms with E-state index in [4.69, 9.17) is 0 Å². The van der Waals surface area contributed by atoms with Gasteiger partial charge in [0.25, 0.3) is 0 Å². The molecule has 3 N–H and O–H groups in total. The quantitative estimate of drug-likeness (QED) is 0.672. The average molecular weight is 309 g/mol. The van der Waals surface area contributed by atoms with Crippen LogP contribution >= 0.6 is 11.8 Å². The van der Waals surface area contributed by atoms with Crippen molar-refractivity contribution in [3.05, 3.63) is 24.3 Å². The lowest BCUT2D eigenvalue weighted by Gasteiger charge is -2.15. The van der Waals surface area contributed by atoms with Gasteiger partial charge in [-0.05, 0) is 45.2 Å². The van der Waals surface area contributed by atoms with E-state index in [1.54, 1.807) is 0 Å². The van der Waals surface area contributed by atoms with E-state index in [0.717, 1.165) is 10.6 Å². The van der Waals surface area contributed by atoms with Crippen LogP contribution < -0.4 is 16.0 Å². The summed E-state index contributed by atoms with van der Waals surface area (Å²) in [5.41, 5.74) is 0.756. The molecule has 0 aliphatic carbocycles. The summed E-state index contributed by atoms with van der Waals surface area (Å²) < 4.78 is 0. The molecule has 5 nitrogen and oxygen atoms in total. The monoisotopic (exact) mass is 309 g/mol.